The van der Waals surface area contributed by atoms with Crippen LogP contribution < -0.4 is 9.47 Å². The van der Waals surface area contributed by atoms with Crippen LogP contribution in [0.15, 0.2) is 40.3 Å². The molecule has 0 N–H and O–H groups in total. The Morgan fingerprint density at radius 1 is 1.36 bits per heavy atom. The number of nitrogens with zero attached hydrogens (tertiary/aromatic N) is 1. The number of hydrogen-bond donors (Lipinski definition) is 0. The molecule has 0 bridgehead atoms. The monoisotopic (exact) mass is 377 g/mol. The van der Waals surface area contributed by atoms with Gasteiger partial charge in [-0.3, -0.25) is 0 Å². The number of thiophene rings is 1. The second kappa shape index (κ2) is 7.29. The zero-order chi connectivity index (χ0) is 18.0. The van der Waals surface area contributed by atoms with Crippen molar-refractivity contribution in [1.82, 2.24) is 0 Å². The van der Waals surface area contributed by atoms with Gasteiger partial charge in [0.05, 0.1) is 23.1 Å². The number of carbonyl (C=O) groups excluding carboxylic acids is 1. The van der Waals surface area contributed by atoms with Gasteiger partial charge in [-0.2, -0.15) is 0 Å². The number of esters is 1. The normalized spacial score (nSPS) is 15.5. The molecule has 2 aromatic rings. The highest BCUT2D eigenvalue weighted by atomic mass is 35.5. The van der Waals surface area contributed by atoms with Gasteiger partial charge in [-0.1, -0.05) is 17.7 Å². The lowest BCUT2D eigenvalue weighted by Gasteiger charge is -2.15. The molecule has 0 fully saturated rings. The fourth-order valence-electron chi connectivity index (χ4n) is 2.25. The molecular weight excluding hydrogens is 362 g/mol. The Bertz CT molecular complexity index is 856. The highest BCUT2D eigenvalue weighted by Crippen LogP contribution is 2.38. The SMILES string of the molecule is COc1cc(/C=C2/N=C(c3cccs3)OC2=O)cc(Cl)c1OC(C)C. The molecule has 2 heterocycles. The van der Waals surface area contributed by atoms with Gasteiger partial charge in [0.1, 0.15) is 0 Å². The molecule has 130 valence electrons. The molecular formula is C18H16ClNO4S. The van der Waals surface area contributed by atoms with Gasteiger partial charge < -0.3 is 14.2 Å². The quantitative estimate of drug-likeness (QED) is 0.567. The Labute approximate surface area is 154 Å². The summed E-state index contributed by atoms with van der Waals surface area (Å²) in [7, 11) is 1.53. The molecule has 1 aromatic heterocycles. The Balaban J connectivity index is 1.95. The van der Waals surface area contributed by atoms with Crippen LogP contribution in [0.5, 0.6) is 11.5 Å². The van der Waals surface area contributed by atoms with E-state index in [1.807, 2.05) is 31.4 Å². The first-order chi connectivity index (χ1) is 12.0. The van der Waals surface area contributed by atoms with Crippen LogP contribution in [-0.4, -0.2) is 25.1 Å². The van der Waals surface area contributed by atoms with Gasteiger partial charge in [0.25, 0.3) is 0 Å². The van der Waals surface area contributed by atoms with Crippen LogP contribution in [0.4, 0.5) is 0 Å². The predicted octanol–water partition coefficient (Wildman–Crippen LogP) is 4.54. The molecule has 0 spiro atoms. The average molecular weight is 378 g/mol. The number of cyclic esters (lactones) is 1. The summed E-state index contributed by atoms with van der Waals surface area (Å²) in [6.45, 7) is 3.81. The third kappa shape index (κ3) is 3.86. The minimum atomic E-state index is -0.499. The van der Waals surface area contributed by atoms with Gasteiger partial charge in [-0.05, 0) is 49.1 Å². The van der Waals surface area contributed by atoms with Crippen LogP contribution in [0.25, 0.3) is 6.08 Å². The number of methoxy groups -OCH3 is 1. The minimum Gasteiger partial charge on any atom is -0.493 e. The molecule has 0 saturated heterocycles. The number of carbonyl (C=O) groups is 1. The van der Waals surface area contributed by atoms with Crippen molar-refractivity contribution in [3.63, 3.8) is 0 Å². The highest BCUT2D eigenvalue weighted by molar-refractivity contribution is 7.12. The lowest BCUT2D eigenvalue weighted by Crippen LogP contribution is -2.07. The summed E-state index contributed by atoms with van der Waals surface area (Å²) in [5.74, 6) is 0.769. The summed E-state index contributed by atoms with van der Waals surface area (Å²) < 4.78 is 16.3. The summed E-state index contributed by atoms with van der Waals surface area (Å²) in [5, 5.41) is 2.29. The predicted molar refractivity (Wildman–Crippen MR) is 98.7 cm³/mol. The second-order valence-corrected chi connectivity index (χ2v) is 6.87. The van der Waals surface area contributed by atoms with Crippen LogP contribution in [0, 0.1) is 0 Å². The summed E-state index contributed by atoms with van der Waals surface area (Å²) in [6.07, 6.45) is 1.56. The fraction of sp³-hybridized carbons (Fsp3) is 0.222. The van der Waals surface area contributed by atoms with E-state index in [0.717, 1.165) is 4.88 Å². The Morgan fingerprint density at radius 2 is 2.16 bits per heavy atom. The number of benzene rings is 1. The lowest BCUT2D eigenvalue weighted by atomic mass is 10.1. The van der Waals surface area contributed by atoms with Crippen molar-refractivity contribution in [1.29, 1.82) is 0 Å². The fourth-order valence-corrected chi connectivity index (χ4v) is 3.16. The van der Waals surface area contributed by atoms with E-state index in [-0.39, 0.29) is 11.8 Å². The van der Waals surface area contributed by atoms with Crippen LogP contribution >= 0.6 is 22.9 Å². The van der Waals surface area contributed by atoms with Gasteiger partial charge in [0, 0.05) is 0 Å². The number of aliphatic imine (C=N–C) groups is 1. The maximum Gasteiger partial charge on any atom is 0.363 e. The van der Waals surface area contributed by atoms with E-state index in [9.17, 15) is 4.79 Å². The van der Waals surface area contributed by atoms with Crippen molar-refractivity contribution in [3.8, 4) is 11.5 Å². The van der Waals surface area contributed by atoms with Gasteiger partial charge in [-0.15, -0.1) is 11.3 Å². The van der Waals surface area contributed by atoms with Crippen LogP contribution in [0.2, 0.25) is 5.02 Å². The van der Waals surface area contributed by atoms with E-state index >= 15 is 0 Å². The van der Waals surface area contributed by atoms with E-state index < -0.39 is 5.97 Å². The summed E-state index contributed by atoms with van der Waals surface area (Å²) >= 11 is 7.76. The van der Waals surface area contributed by atoms with Crippen LogP contribution in [-0.2, 0) is 9.53 Å². The van der Waals surface area contributed by atoms with Crippen molar-refractivity contribution >= 4 is 40.9 Å². The van der Waals surface area contributed by atoms with Gasteiger partial charge in [0.2, 0.25) is 5.90 Å². The van der Waals surface area contributed by atoms with Crippen molar-refractivity contribution in [2.24, 2.45) is 4.99 Å². The number of hydrogen-bond acceptors (Lipinski definition) is 6. The molecule has 25 heavy (non-hydrogen) atoms. The second-order valence-electron chi connectivity index (χ2n) is 5.51. The first-order valence-electron chi connectivity index (χ1n) is 7.58. The van der Waals surface area contributed by atoms with E-state index in [2.05, 4.69) is 4.99 Å². The molecule has 1 aliphatic rings. The van der Waals surface area contributed by atoms with Gasteiger partial charge >= 0.3 is 5.97 Å². The molecule has 1 aromatic carbocycles. The molecule has 0 unspecified atom stereocenters. The highest BCUT2D eigenvalue weighted by Gasteiger charge is 2.25. The zero-order valence-corrected chi connectivity index (χ0v) is 15.5. The van der Waals surface area contributed by atoms with Gasteiger partial charge in [-0.25, -0.2) is 9.79 Å². The van der Waals surface area contributed by atoms with Gasteiger partial charge in [0.15, 0.2) is 17.2 Å². The molecule has 7 heteroatoms. The Hall–Kier alpha value is -2.31. The molecule has 0 amide bonds. The number of rotatable bonds is 5. The molecule has 0 saturated carbocycles. The Kier molecular flexibility index (Phi) is 5.11. The average Bonchev–Trinajstić information content (AvgIpc) is 3.20. The number of ether oxygens (including phenoxy) is 3. The molecule has 5 nitrogen and oxygen atoms in total. The third-order valence-corrected chi connectivity index (χ3v) is 4.40. The van der Waals surface area contributed by atoms with Crippen molar-refractivity contribution in [2.75, 3.05) is 7.11 Å². The standard InChI is InChI=1S/C18H16ClNO4S/c1-10(2)23-16-12(19)7-11(9-14(16)22-3)8-13-18(21)24-17(20-13)15-5-4-6-25-15/h4-10H,1-3H3/b13-8+. The molecule has 0 radical (unpaired) electrons. The van der Waals surface area contributed by atoms with E-state index in [0.29, 0.717) is 28.0 Å². The summed E-state index contributed by atoms with van der Waals surface area (Å²) in [4.78, 5) is 17.1. The maximum atomic E-state index is 12.0. The molecule has 0 aliphatic carbocycles. The van der Waals surface area contributed by atoms with E-state index in [4.69, 9.17) is 25.8 Å². The largest absolute Gasteiger partial charge is 0.493 e. The smallest absolute Gasteiger partial charge is 0.363 e. The third-order valence-electron chi connectivity index (χ3n) is 3.26. The molecule has 3 rings (SSSR count). The summed E-state index contributed by atoms with van der Waals surface area (Å²) in [6, 6.07) is 7.15. The summed E-state index contributed by atoms with van der Waals surface area (Å²) in [5.41, 5.74) is 0.875. The minimum absolute atomic E-state index is 0.0432. The van der Waals surface area contributed by atoms with E-state index in [1.165, 1.54) is 18.4 Å². The van der Waals surface area contributed by atoms with Crippen LogP contribution in [0.3, 0.4) is 0 Å². The Morgan fingerprint density at radius 3 is 2.80 bits per heavy atom. The topological polar surface area (TPSA) is 57.1 Å². The molecule has 1 aliphatic heterocycles. The zero-order valence-electron chi connectivity index (χ0n) is 13.9. The van der Waals surface area contributed by atoms with E-state index in [1.54, 1.807) is 18.2 Å². The van der Waals surface area contributed by atoms with Crippen molar-refractivity contribution < 1.29 is 19.0 Å². The molecule has 0 atom stereocenters. The van der Waals surface area contributed by atoms with Crippen molar-refractivity contribution in [3.05, 3.63) is 50.8 Å². The first-order valence-corrected chi connectivity index (χ1v) is 8.84. The number of halogens is 1. The lowest BCUT2D eigenvalue weighted by molar-refractivity contribution is -0.129. The van der Waals surface area contributed by atoms with Crippen molar-refractivity contribution in [2.45, 2.75) is 20.0 Å². The van der Waals surface area contributed by atoms with Crippen LogP contribution in [0.1, 0.15) is 24.3 Å². The maximum absolute atomic E-state index is 12.0. The first kappa shape index (κ1) is 17.5.